The van der Waals surface area contributed by atoms with E-state index in [0.29, 0.717) is 41.1 Å². The Hall–Kier alpha value is -1.27. The number of nitrogens with zero attached hydrogens (tertiary/aromatic N) is 2. The summed E-state index contributed by atoms with van der Waals surface area (Å²) < 4.78 is 27.2. The lowest BCUT2D eigenvalue weighted by Crippen LogP contribution is -2.49. The average Bonchev–Trinajstić information content (AvgIpc) is 2.55. The van der Waals surface area contributed by atoms with Gasteiger partial charge in [-0.25, -0.2) is 8.42 Å². The molecule has 0 radical (unpaired) electrons. The second kappa shape index (κ2) is 6.92. The number of halogens is 2. The van der Waals surface area contributed by atoms with Gasteiger partial charge >= 0.3 is 0 Å². The van der Waals surface area contributed by atoms with Crippen molar-refractivity contribution in [3.05, 3.63) is 58.1 Å². The molecular weight excluding hydrogens is 367 g/mol. The highest BCUT2D eigenvalue weighted by Gasteiger charge is 2.30. The molecule has 0 saturated carbocycles. The van der Waals surface area contributed by atoms with Gasteiger partial charge in [0.2, 0.25) is 10.0 Å². The van der Waals surface area contributed by atoms with Crippen molar-refractivity contribution in [1.29, 1.82) is 0 Å². The summed E-state index contributed by atoms with van der Waals surface area (Å²) in [5.41, 5.74) is 1.53. The number of aryl methyl sites for hydroxylation is 1. The number of sulfonamides is 1. The van der Waals surface area contributed by atoms with Gasteiger partial charge in [0.15, 0.2) is 0 Å². The van der Waals surface area contributed by atoms with Crippen LogP contribution in [0.3, 0.4) is 0 Å². The topological polar surface area (TPSA) is 40.6 Å². The van der Waals surface area contributed by atoms with E-state index in [4.69, 9.17) is 23.2 Å². The zero-order valence-corrected chi connectivity index (χ0v) is 15.6. The summed E-state index contributed by atoms with van der Waals surface area (Å²) in [6.07, 6.45) is 0. The average molecular weight is 385 g/mol. The van der Waals surface area contributed by atoms with Gasteiger partial charge in [0.25, 0.3) is 0 Å². The number of anilines is 1. The van der Waals surface area contributed by atoms with E-state index in [9.17, 15) is 8.42 Å². The molecule has 0 bridgehead atoms. The summed E-state index contributed by atoms with van der Waals surface area (Å²) in [6, 6.07) is 12.4. The van der Waals surface area contributed by atoms with Crippen molar-refractivity contribution in [2.75, 3.05) is 31.1 Å². The number of hydrogen-bond donors (Lipinski definition) is 0. The molecule has 0 amide bonds. The predicted octanol–water partition coefficient (Wildman–Crippen LogP) is 3.81. The van der Waals surface area contributed by atoms with Crippen LogP contribution in [0.5, 0.6) is 0 Å². The first-order valence-corrected chi connectivity index (χ1v) is 9.85. The van der Waals surface area contributed by atoms with Crippen LogP contribution < -0.4 is 4.90 Å². The van der Waals surface area contributed by atoms with Crippen LogP contribution in [0.1, 0.15) is 5.56 Å². The van der Waals surface area contributed by atoms with Gasteiger partial charge in [-0.05, 0) is 30.7 Å². The molecule has 1 aliphatic heterocycles. The minimum atomic E-state index is -3.48. The van der Waals surface area contributed by atoms with Gasteiger partial charge in [-0.1, -0.05) is 47.5 Å². The third kappa shape index (κ3) is 3.26. The zero-order valence-electron chi connectivity index (χ0n) is 13.2. The van der Waals surface area contributed by atoms with Crippen molar-refractivity contribution in [1.82, 2.24) is 4.31 Å². The molecule has 2 aromatic carbocycles. The highest BCUT2D eigenvalue weighted by atomic mass is 35.5. The summed E-state index contributed by atoms with van der Waals surface area (Å²) in [5.74, 6) is 0. The second-order valence-electron chi connectivity index (χ2n) is 5.73. The molecule has 0 aliphatic carbocycles. The lowest BCUT2D eigenvalue weighted by Gasteiger charge is -2.36. The molecule has 4 nitrogen and oxygen atoms in total. The zero-order chi connectivity index (χ0) is 17.3. The first-order chi connectivity index (χ1) is 11.4. The van der Waals surface area contributed by atoms with Crippen molar-refractivity contribution in [3.8, 4) is 0 Å². The minimum Gasteiger partial charge on any atom is -0.366 e. The summed E-state index contributed by atoms with van der Waals surface area (Å²) >= 11 is 12.5. The first-order valence-electron chi connectivity index (χ1n) is 7.66. The van der Waals surface area contributed by atoms with Gasteiger partial charge in [0, 0.05) is 26.2 Å². The van der Waals surface area contributed by atoms with Gasteiger partial charge < -0.3 is 4.90 Å². The molecule has 0 unspecified atom stereocenters. The van der Waals surface area contributed by atoms with E-state index in [1.54, 1.807) is 30.3 Å². The third-order valence-corrected chi connectivity index (χ3v) is 6.87. The quantitative estimate of drug-likeness (QED) is 0.807. The van der Waals surface area contributed by atoms with Crippen molar-refractivity contribution >= 4 is 38.9 Å². The summed E-state index contributed by atoms with van der Waals surface area (Å²) in [6.45, 7) is 3.71. The van der Waals surface area contributed by atoms with Gasteiger partial charge in [-0.3, -0.25) is 0 Å². The molecule has 128 valence electrons. The SMILES string of the molecule is Cc1ccccc1S(=O)(=O)N1CCN(c2c(Cl)cccc2Cl)CC1. The van der Waals surface area contributed by atoms with Crippen LogP contribution in [0.4, 0.5) is 5.69 Å². The Morgan fingerprint density at radius 1 is 0.875 bits per heavy atom. The van der Waals surface area contributed by atoms with Crippen LogP contribution in [-0.4, -0.2) is 38.9 Å². The Bertz CT molecular complexity index is 827. The van der Waals surface area contributed by atoms with Crippen LogP contribution >= 0.6 is 23.2 Å². The molecule has 1 heterocycles. The number of hydrogen-bond acceptors (Lipinski definition) is 3. The monoisotopic (exact) mass is 384 g/mol. The molecule has 24 heavy (non-hydrogen) atoms. The maximum atomic E-state index is 12.8. The number of piperazine rings is 1. The van der Waals surface area contributed by atoms with E-state index in [1.165, 1.54) is 4.31 Å². The fourth-order valence-corrected chi connectivity index (χ4v) is 5.21. The van der Waals surface area contributed by atoms with Gasteiger partial charge in [-0.15, -0.1) is 0 Å². The van der Waals surface area contributed by atoms with Crippen LogP contribution in [0.2, 0.25) is 10.0 Å². The van der Waals surface area contributed by atoms with E-state index in [0.717, 1.165) is 11.3 Å². The van der Waals surface area contributed by atoms with Crippen LogP contribution in [0.15, 0.2) is 47.4 Å². The molecule has 0 aromatic heterocycles. The maximum Gasteiger partial charge on any atom is 0.243 e. The summed E-state index contributed by atoms with van der Waals surface area (Å²) in [5, 5.41) is 1.16. The van der Waals surface area contributed by atoms with Crippen LogP contribution in [0, 0.1) is 6.92 Å². The fraction of sp³-hybridized carbons (Fsp3) is 0.294. The van der Waals surface area contributed by atoms with Crippen LogP contribution in [0.25, 0.3) is 0 Å². The normalized spacial score (nSPS) is 16.4. The fourth-order valence-electron chi connectivity index (χ4n) is 2.93. The molecule has 0 atom stereocenters. The molecule has 0 spiro atoms. The van der Waals surface area contributed by atoms with Gasteiger partial charge in [0.1, 0.15) is 0 Å². The van der Waals surface area contributed by atoms with Crippen molar-refractivity contribution in [2.24, 2.45) is 0 Å². The van der Waals surface area contributed by atoms with Crippen LogP contribution in [-0.2, 0) is 10.0 Å². The number of rotatable bonds is 3. The highest BCUT2D eigenvalue weighted by molar-refractivity contribution is 7.89. The molecule has 1 saturated heterocycles. The largest absolute Gasteiger partial charge is 0.366 e. The standard InChI is InChI=1S/C17H18Cl2N2O2S/c1-13-5-2-3-8-16(13)24(22,23)21-11-9-20(10-12-21)17-14(18)6-4-7-15(17)19/h2-8H,9-12H2,1H3. The van der Waals surface area contributed by atoms with Gasteiger partial charge in [0.05, 0.1) is 20.6 Å². The molecule has 1 aliphatic rings. The van der Waals surface area contributed by atoms with Gasteiger partial charge in [-0.2, -0.15) is 4.31 Å². The molecule has 0 N–H and O–H groups in total. The van der Waals surface area contributed by atoms with Crippen molar-refractivity contribution < 1.29 is 8.42 Å². The number of para-hydroxylation sites is 1. The maximum absolute atomic E-state index is 12.8. The first kappa shape index (κ1) is 17.5. The summed E-state index contributed by atoms with van der Waals surface area (Å²) in [7, 11) is -3.48. The van der Waals surface area contributed by atoms with E-state index in [-0.39, 0.29) is 0 Å². The Kier molecular flexibility index (Phi) is 5.06. The Balaban J connectivity index is 1.79. The highest BCUT2D eigenvalue weighted by Crippen LogP contribution is 2.34. The predicted molar refractivity (Wildman–Crippen MR) is 98.6 cm³/mol. The smallest absolute Gasteiger partial charge is 0.243 e. The Morgan fingerprint density at radius 3 is 2.04 bits per heavy atom. The van der Waals surface area contributed by atoms with E-state index in [2.05, 4.69) is 0 Å². The third-order valence-electron chi connectivity index (χ3n) is 4.20. The Morgan fingerprint density at radius 2 is 1.46 bits per heavy atom. The van der Waals surface area contributed by atoms with Crippen molar-refractivity contribution in [3.63, 3.8) is 0 Å². The molecule has 1 fully saturated rings. The van der Waals surface area contributed by atoms with E-state index in [1.807, 2.05) is 24.0 Å². The van der Waals surface area contributed by atoms with E-state index < -0.39 is 10.0 Å². The summed E-state index contributed by atoms with van der Waals surface area (Å²) in [4.78, 5) is 2.41. The minimum absolute atomic E-state index is 0.370. The van der Waals surface area contributed by atoms with Crippen molar-refractivity contribution in [2.45, 2.75) is 11.8 Å². The molecule has 3 rings (SSSR count). The number of benzene rings is 2. The second-order valence-corrected chi connectivity index (χ2v) is 8.45. The lowest BCUT2D eigenvalue weighted by atomic mass is 10.2. The molecule has 2 aromatic rings. The van der Waals surface area contributed by atoms with E-state index >= 15 is 0 Å². The lowest BCUT2D eigenvalue weighted by molar-refractivity contribution is 0.384. The Labute approximate surface area is 152 Å². The molecule has 7 heteroatoms. The molecular formula is C17H18Cl2N2O2S.